The fourth-order valence-electron chi connectivity index (χ4n) is 1.89. The lowest BCUT2D eigenvalue weighted by Crippen LogP contribution is -2.27. The van der Waals surface area contributed by atoms with Crippen LogP contribution >= 0.6 is 11.3 Å². The average molecular weight is 277 g/mol. The number of thiophene rings is 1. The third-order valence-electron chi connectivity index (χ3n) is 3.04. The van der Waals surface area contributed by atoms with Gasteiger partial charge in [-0.1, -0.05) is 12.1 Å². The Morgan fingerprint density at radius 3 is 2.79 bits per heavy atom. The van der Waals surface area contributed by atoms with Crippen LogP contribution in [0.1, 0.15) is 16.0 Å². The van der Waals surface area contributed by atoms with Crippen LogP contribution in [0, 0.1) is 12.7 Å². The molecule has 100 valence electrons. The lowest BCUT2D eigenvalue weighted by atomic mass is 10.1. The third-order valence-corrected chi connectivity index (χ3v) is 3.93. The van der Waals surface area contributed by atoms with Crippen molar-refractivity contribution in [3.8, 4) is 0 Å². The van der Waals surface area contributed by atoms with E-state index in [-0.39, 0.29) is 11.7 Å². The van der Waals surface area contributed by atoms with Crippen molar-refractivity contribution in [1.29, 1.82) is 0 Å². The van der Waals surface area contributed by atoms with E-state index in [2.05, 4.69) is 0 Å². The normalized spacial score (nSPS) is 10.5. The van der Waals surface area contributed by atoms with Gasteiger partial charge in [0, 0.05) is 18.5 Å². The van der Waals surface area contributed by atoms with Crippen LogP contribution in [0.3, 0.4) is 0 Å². The van der Waals surface area contributed by atoms with E-state index in [0.29, 0.717) is 13.0 Å². The third kappa shape index (κ3) is 3.64. The molecule has 0 bridgehead atoms. The van der Waals surface area contributed by atoms with Gasteiger partial charge in [0.2, 0.25) is 5.91 Å². The van der Waals surface area contributed by atoms with Gasteiger partial charge in [0.1, 0.15) is 5.82 Å². The molecule has 2 aromatic rings. The molecule has 0 unspecified atom stereocenters. The molecule has 0 radical (unpaired) electrons. The van der Waals surface area contributed by atoms with E-state index in [1.54, 1.807) is 29.4 Å². The van der Waals surface area contributed by atoms with Crippen LogP contribution in [0.2, 0.25) is 0 Å². The molecule has 0 spiro atoms. The number of halogens is 1. The SMILES string of the molecule is Cc1sccc1CC(=O)N(C)Cc1cccc(F)c1. The van der Waals surface area contributed by atoms with E-state index in [0.717, 1.165) is 11.1 Å². The maximum atomic E-state index is 13.1. The van der Waals surface area contributed by atoms with Crippen molar-refractivity contribution in [1.82, 2.24) is 4.90 Å². The lowest BCUT2D eigenvalue weighted by Gasteiger charge is -2.17. The molecule has 1 amide bonds. The second kappa shape index (κ2) is 5.97. The molecule has 0 fully saturated rings. The topological polar surface area (TPSA) is 20.3 Å². The number of likely N-dealkylation sites (N-methyl/N-ethyl adjacent to an activating group) is 1. The van der Waals surface area contributed by atoms with Crippen LogP contribution in [-0.2, 0) is 17.8 Å². The maximum Gasteiger partial charge on any atom is 0.227 e. The van der Waals surface area contributed by atoms with Crippen LogP contribution in [0.4, 0.5) is 4.39 Å². The summed E-state index contributed by atoms with van der Waals surface area (Å²) in [5, 5.41) is 1.99. The Hall–Kier alpha value is -1.68. The molecule has 0 saturated carbocycles. The van der Waals surface area contributed by atoms with Crippen molar-refractivity contribution in [2.45, 2.75) is 19.9 Å². The van der Waals surface area contributed by atoms with Gasteiger partial charge < -0.3 is 4.90 Å². The van der Waals surface area contributed by atoms with Crippen LogP contribution in [0.15, 0.2) is 35.7 Å². The molecular weight excluding hydrogens is 261 g/mol. The number of carbonyl (C=O) groups excluding carboxylic acids is 1. The molecule has 2 nitrogen and oxygen atoms in total. The number of hydrogen-bond acceptors (Lipinski definition) is 2. The Kier molecular flexibility index (Phi) is 4.32. The van der Waals surface area contributed by atoms with Crippen LogP contribution < -0.4 is 0 Å². The van der Waals surface area contributed by atoms with Crippen LogP contribution in [0.5, 0.6) is 0 Å². The molecule has 4 heteroatoms. The van der Waals surface area contributed by atoms with Crippen molar-refractivity contribution in [2.24, 2.45) is 0 Å². The van der Waals surface area contributed by atoms with Gasteiger partial charge in [-0.05, 0) is 41.6 Å². The Labute approximate surface area is 116 Å². The zero-order valence-corrected chi connectivity index (χ0v) is 11.8. The minimum absolute atomic E-state index is 0.0470. The highest BCUT2D eigenvalue weighted by molar-refractivity contribution is 7.10. The summed E-state index contributed by atoms with van der Waals surface area (Å²) in [6.45, 7) is 2.44. The summed E-state index contributed by atoms with van der Waals surface area (Å²) in [5.41, 5.74) is 1.87. The molecule has 1 aromatic carbocycles. The Morgan fingerprint density at radius 2 is 2.16 bits per heavy atom. The standard InChI is InChI=1S/C15H16FNOS/c1-11-13(6-7-19-11)9-15(18)17(2)10-12-4-3-5-14(16)8-12/h3-8H,9-10H2,1-2H3. The maximum absolute atomic E-state index is 13.1. The molecule has 0 aliphatic heterocycles. The van der Waals surface area contributed by atoms with Crippen molar-refractivity contribution < 1.29 is 9.18 Å². The zero-order chi connectivity index (χ0) is 13.8. The van der Waals surface area contributed by atoms with Gasteiger partial charge in [0.15, 0.2) is 0 Å². The highest BCUT2D eigenvalue weighted by Gasteiger charge is 2.12. The predicted molar refractivity (Wildman–Crippen MR) is 75.6 cm³/mol. The Bertz CT molecular complexity index is 579. The number of aryl methyl sites for hydroxylation is 1. The van der Waals surface area contributed by atoms with E-state index >= 15 is 0 Å². The van der Waals surface area contributed by atoms with Crippen molar-refractivity contribution >= 4 is 17.2 Å². The van der Waals surface area contributed by atoms with E-state index < -0.39 is 0 Å². The molecule has 0 aliphatic carbocycles. The van der Waals surface area contributed by atoms with Crippen molar-refractivity contribution in [2.75, 3.05) is 7.05 Å². The Morgan fingerprint density at radius 1 is 1.37 bits per heavy atom. The lowest BCUT2D eigenvalue weighted by molar-refractivity contribution is -0.129. The molecule has 1 aromatic heterocycles. The number of benzene rings is 1. The highest BCUT2D eigenvalue weighted by Crippen LogP contribution is 2.16. The average Bonchev–Trinajstić information content (AvgIpc) is 2.75. The smallest absolute Gasteiger partial charge is 0.227 e. The van der Waals surface area contributed by atoms with Gasteiger partial charge in [-0.2, -0.15) is 0 Å². The highest BCUT2D eigenvalue weighted by atomic mass is 32.1. The Balaban J connectivity index is 1.98. The summed E-state index contributed by atoms with van der Waals surface area (Å²) in [5.74, 6) is -0.224. The van der Waals surface area contributed by atoms with E-state index in [1.807, 2.05) is 24.4 Å². The predicted octanol–water partition coefficient (Wildman–Crippen LogP) is 3.40. The number of amides is 1. The zero-order valence-electron chi connectivity index (χ0n) is 11.0. The molecule has 1 heterocycles. The minimum Gasteiger partial charge on any atom is -0.341 e. The largest absolute Gasteiger partial charge is 0.341 e. The van der Waals surface area contributed by atoms with Gasteiger partial charge in [0.05, 0.1) is 6.42 Å². The van der Waals surface area contributed by atoms with Gasteiger partial charge in [-0.25, -0.2) is 4.39 Å². The van der Waals surface area contributed by atoms with Gasteiger partial charge in [-0.3, -0.25) is 4.79 Å². The summed E-state index contributed by atoms with van der Waals surface area (Å²) in [6, 6.07) is 8.32. The van der Waals surface area contributed by atoms with Gasteiger partial charge >= 0.3 is 0 Å². The van der Waals surface area contributed by atoms with E-state index in [1.165, 1.54) is 17.0 Å². The molecule has 0 N–H and O–H groups in total. The number of rotatable bonds is 4. The molecule has 0 saturated heterocycles. The second-order valence-corrected chi connectivity index (χ2v) is 5.68. The summed E-state index contributed by atoms with van der Waals surface area (Å²) >= 11 is 1.64. The summed E-state index contributed by atoms with van der Waals surface area (Å²) < 4.78 is 13.1. The van der Waals surface area contributed by atoms with Crippen LogP contribution in [-0.4, -0.2) is 17.9 Å². The summed E-state index contributed by atoms with van der Waals surface area (Å²) in [4.78, 5) is 14.9. The first kappa shape index (κ1) is 13.7. The number of hydrogen-bond donors (Lipinski definition) is 0. The molecule has 2 rings (SSSR count). The number of carbonyl (C=O) groups is 1. The second-order valence-electron chi connectivity index (χ2n) is 4.56. The van der Waals surface area contributed by atoms with E-state index in [9.17, 15) is 9.18 Å². The number of nitrogens with zero attached hydrogens (tertiary/aromatic N) is 1. The molecule has 0 atom stereocenters. The van der Waals surface area contributed by atoms with Gasteiger partial charge in [-0.15, -0.1) is 11.3 Å². The quantitative estimate of drug-likeness (QED) is 0.839. The first-order valence-electron chi connectivity index (χ1n) is 6.07. The molecular formula is C15H16FNOS. The molecule has 19 heavy (non-hydrogen) atoms. The molecule has 0 aliphatic rings. The monoisotopic (exact) mass is 277 g/mol. The fraction of sp³-hybridized carbons (Fsp3) is 0.267. The summed E-state index contributed by atoms with van der Waals surface area (Å²) in [6.07, 6.45) is 0.404. The summed E-state index contributed by atoms with van der Waals surface area (Å²) in [7, 11) is 1.74. The van der Waals surface area contributed by atoms with Gasteiger partial charge in [0.25, 0.3) is 0 Å². The van der Waals surface area contributed by atoms with Crippen LogP contribution in [0.25, 0.3) is 0 Å². The van der Waals surface area contributed by atoms with E-state index in [4.69, 9.17) is 0 Å². The first-order chi connectivity index (χ1) is 9.06. The van der Waals surface area contributed by atoms with Crippen molar-refractivity contribution in [3.63, 3.8) is 0 Å². The fourth-order valence-corrected chi connectivity index (χ4v) is 2.62. The minimum atomic E-state index is -0.271. The first-order valence-corrected chi connectivity index (χ1v) is 6.95. The van der Waals surface area contributed by atoms with Crippen molar-refractivity contribution in [3.05, 3.63) is 57.5 Å².